The number of hydrogen-bond donors (Lipinski definition) is 2. The van der Waals surface area contributed by atoms with Gasteiger partial charge in [0, 0.05) is 35.5 Å². The van der Waals surface area contributed by atoms with E-state index in [9.17, 15) is 14.0 Å². The van der Waals surface area contributed by atoms with Crippen molar-refractivity contribution < 1.29 is 9.18 Å². The molecule has 1 aliphatic heterocycles. The average Bonchev–Trinajstić information content (AvgIpc) is 3.29. The first-order chi connectivity index (χ1) is 16.5. The number of carbonyl (C=O) groups is 1. The van der Waals surface area contributed by atoms with Crippen LogP contribution in [-0.2, 0) is 4.79 Å². The Bertz CT molecular complexity index is 1380. The molecule has 2 aromatic heterocycles. The number of hydrogen-bond acceptors (Lipinski definition) is 5. The second-order valence-corrected chi connectivity index (χ2v) is 9.48. The molecule has 2 aromatic carbocycles. The molecule has 1 aliphatic rings. The number of nitrogens with zero attached hydrogens (tertiary/aromatic N) is 2. The van der Waals surface area contributed by atoms with E-state index in [-0.39, 0.29) is 29.2 Å². The summed E-state index contributed by atoms with van der Waals surface area (Å²) >= 11 is 1.26. The average molecular weight is 477 g/mol. The highest BCUT2D eigenvalue weighted by Crippen LogP contribution is 2.33. The highest BCUT2D eigenvalue weighted by atomic mass is 32.1. The summed E-state index contributed by atoms with van der Waals surface area (Å²) in [5.74, 6) is 0.0768. The smallest absolute Gasteiger partial charge is 0.270 e. The number of halogens is 1. The summed E-state index contributed by atoms with van der Waals surface area (Å²) in [7, 11) is 0. The monoisotopic (exact) mass is 476 g/mol. The van der Waals surface area contributed by atoms with Gasteiger partial charge in [0.25, 0.3) is 5.56 Å². The summed E-state index contributed by atoms with van der Waals surface area (Å²) in [5.41, 5.74) is 2.40. The number of H-pyrrole nitrogens is 1. The first-order valence-corrected chi connectivity index (χ1v) is 12.3. The minimum Gasteiger partial charge on any atom is -0.349 e. The van der Waals surface area contributed by atoms with Gasteiger partial charge in [0.05, 0.1) is 11.6 Å². The maximum absolute atomic E-state index is 14.4. The van der Waals surface area contributed by atoms with Crippen LogP contribution in [0.5, 0.6) is 0 Å². The minimum absolute atomic E-state index is 0.0487. The van der Waals surface area contributed by atoms with Crippen molar-refractivity contribution >= 4 is 33.4 Å². The van der Waals surface area contributed by atoms with Crippen LogP contribution >= 0.6 is 11.3 Å². The van der Waals surface area contributed by atoms with Gasteiger partial charge in [0.2, 0.25) is 11.9 Å². The van der Waals surface area contributed by atoms with Crippen molar-refractivity contribution in [3.8, 4) is 11.1 Å². The maximum atomic E-state index is 14.4. The zero-order valence-electron chi connectivity index (χ0n) is 18.8. The molecular formula is C26H25FN4O2S. The van der Waals surface area contributed by atoms with Crippen molar-refractivity contribution in [2.24, 2.45) is 5.92 Å². The third-order valence-electron chi connectivity index (χ3n) is 6.40. The summed E-state index contributed by atoms with van der Waals surface area (Å²) in [6, 6.07) is 16.3. The van der Waals surface area contributed by atoms with Crippen molar-refractivity contribution in [3.05, 3.63) is 81.7 Å². The minimum atomic E-state index is -0.345. The number of amides is 1. The number of rotatable bonds is 5. The Balaban J connectivity index is 1.31. The summed E-state index contributed by atoms with van der Waals surface area (Å²) in [6.45, 7) is 3.19. The molecule has 2 N–H and O–H groups in total. The molecule has 0 spiro atoms. The normalized spacial score (nSPS) is 15.4. The van der Waals surface area contributed by atoms with Crippen molar-refractivity contribution in [2.75, 3.05) is 18.0 Å². The number of nitrogens with one attached hydrogen (secondary N) is 2. The van der Waals surface area contributed by atoms with E-state index < -0.39 is 0 Å². The molecule has 3 heterocycles. The lowest BCUT2D eigenvalue weighted by molar-refractivity contribution is -0.126. The van der Waals surface area contributed by atoms with Gasteiger partial charge in [-0.15, -0.1) is 11.3 Å². The number of aromatic amines is 1. The fourth-order valence-corrected chi connectivity index (χ4v) is 5.35. The highest BCUT2D eigenvalue weighted by Gasteiger charge is 2.27. The van der Waals surface area contributed by atoms with Crippen LogP contribution < -0.4 is 15.8 Å². The van der Waals surface area contributed by atoms with E-state index in [2.05, 4.69) is 10.3 Å². The molecule has 5 rings (SSSR count). The van der Waals surface area contributed by atoms with E-state index in [4.69, 9.17) is 4.98 Å². The fraction of sp³-hybridized carbons (Fsp3) is 0.269. The summed E-state index contributed by atoms with van der Waals surface area (Å²) in [4.78, 5) is 35.1. The van der Waals surface area contributed by atoms with Crippen molar-refractivity contribution in [3.63, 3.8) is 0 Å². The molecule has 1 fully saturated rings. The van der Waals surface area contributed by atoms with E-state index in [0.29, 0.717) is 53.2 Å². The number of benzene rings is 2. The predicted octanol–water partition coefficient (Wildman–Crippen LogP) is 4.88. The maximum Gasteiger partial charge on any atom is 0.270 e. The quantitative estimate of drug-likeness (QED) is 0.430. The predicted molar refractivity (Wildman–Crippen MR) is 134 cm³/mol. The second kappa shape index (κ2) is 9.38. The largest absolute Gasteiger partial charge is 0.349 e. The number of aromatic nitrogens is 2. The van der Waals surface area contributed by atoms with E-state index >= 15 is 0 Å². The first-order valence-electron chi connectivity index (χ1n) is 11.4. The molecule has 0 aliphatic carbocycles. The van der Waals surface area contributed by atoms with Gasteiger partial charge in [-0.25, -0.2) is 9.37 Å². The zero-order chi connectivity index (χ0) is 23.7. The Morgan fingerprint density at radius 1 is 1.12 bits per heavy atom. The standard InChI is InChI=1S/C26H25FN4O2S/c1-16(17-7-3-2-4-8-17)28-24(32)18-11-13-31(14-12-18)26-29-22-20(15-34-23(22)25(33)30-26)19-9-5-6-10-21(19)27/h2-10,15-16,18H,11-14H2,1H3,(H,28,32)(H,29,30,33)/t16-/m1/s1. The zero-order valence-corrected chi connectivity index (χ0v) is 19.6. The molecule has 0 radical (unpaired) electrons. The number of fused-ring (bicyclic) bond motifs is 1. The molecule has 0 unspecified atom stereocenters. The van der Waals surface area contributed by atoms with Crippen LogP contribution in [-0.4, -0.2) is 29.0 Å². The van der Waals surface area contributed by atoms with Crippen LogP contribution in [0, 0.1) is 11.7 Å². The van der Waals surface area contributed by atoms with Crippen molar-refractivity contribution in [1.29, 1.82) is 0 Å². The summed E-state index contributed by atoms with van der Waals surface area (Å²) < 4.78 is 14.9. The topological polar surface area (TPSA) is 78.1 Å². The summed E-state index contributed by atoms with van der Waals surface area (Å²) in [6.07, 6.45) is 1.33. The SMILES string of the molecule is C[C@@H](NC(=O)C1CCN(c2nc3c(-c4ccccc4F)csc3c(=O)[nH]2)CC1)c1ccccc1. The summed E-state index contributed by atoms with van der Waals surface area (Å²) in [5, 5.41) is 4.89. The van der Waals surface area contributed by atoms with E-state index in [1.54, 1.807) is 23.6 Å². The lowest BCUT2D eigenvalue weighted by Crippen LogP contribution is -2.42. The molecule has 0 saturated carbocycles. The van der Waals surface area contributed by atoms with E-state index in [1.165, 1.54) is 17.4 Å². The Morgan fingerprint density at radius 2 is 1.82 bits per heavy atom. The molecule has 0 bridgehead atoms. The lowest BCUT2D eigenvalue weighted by atomic mass is 9.95. The van der Waals surface area contributed by atoms with Gasteiger partial charge in [-0.3, -0.25) is 14.6 Å². The highest BCUT2D eigenvalue weighted by molar-refractivity contribution is 7.17. The third kappa shape index (κ3) is 4.33. The fourth-order valence-electron chi connectivity index (χ4n) is 4.45. The first kappa shape index (κ1) is 22.3. The van der Waals surface area contributed by atoms with E-state index in [0.717, 1.165) is 5.56 Å². The number of carbonyl (C=O) groups excluding carboxylic acids is 1. The van der Waals surface area contributed by atoms with Gasteiger partial charge in [-0.1, -0.05) is 48.5 Å². The Morgan fingerprint density at radius 3 is 2.56 bits per heavy atom. The molecule has 174 valence electrons. The van der Waals surface area contributed by atoms with Crippen LogP contribution in [0.4, 0.5) is 10.3 Å². The molecule has 8 heteroatoms. The Kier molecular flexibility index (Phi) is 6.15. The molecular weight excluding hydrogens is 451 g/mol. The number of piperidine rings is 1. The van der Waals surface area contributed by atoms with Gasteiger partial charge in [0.1, 0.15) is 10.5 Å². The van der Waals surface area contributed by atoms with Gasteiger partial charge < -0.3 is 10.2 Å². The number of anilines is 1. The molecule has 4 aromatic rings. The second-order valence-electron chi connectivity index (χ2n) is 8.60. The van der Waals surface area contributed by atoms with Crippen molar-refractivity contribution in [1.82, 2.24) is 15.3 Å². The lowest BCUT2D eigenvalue weighted by Gasteiger charge is -2.32. The van der Waals surface area contributed by atoms with Gasteiger partial charge in [-0.2, -0.15) is 0 Å². The van der Waals surface area contributed by atoms with Crippen LogP contribution in [0.2, 0.25) is 0 Å². The van der Waals surface area contributed by atoms with Gasteiger partial charge in [-0.05, 0) is 31.4 Å². The Hall–Kier alpha value is -3.52. The molecule has 6 nitrogen and oxygen atoms in total. The van der Waals surface area contributed by atoms with Gasteiger partial charge in [0.15, 0.2) is 0 Å². The van der Waals surface area contributed by atoms with Crippen LogP contribution in [0.25, 0.3) is 21.3 Å². The van der Waals surface area contributed by atoms with Crippen LogP contribution in [0.3, 0.4) is 0 Å². The molecule has 1 atom stereocenters. The molecule has 34 heavy (non-hydrogen) atoms. The Labute approximate surface area is 200 Å². The van der Waals surface area contributed by atoms with Crippen molar-refractivity contribution in [2.45, 2.75) is 25.8 Å². The van der Waals surface area contributed by atoms with Gasteiger partial charge >= 0.3 is 0 Å². The van der Waals surface area contributed by atoms with Crippen LogP contribution in [0.1, 0.15) is 31.4 Å². The molecule has 1 amide bonds. The third-order valence-corrected chi connectivity index (χ3v) is 7.37. The van der Waals surface area contributed by atoms with E-state index in [1.807, 2.05) is 42.2 Å². The van der Waals surface area contributed by atoms with Crippen LogP contribution in [0.15, 0.2) is 64.8 Å². The molecule has 1 saturated heterocycles. The number of thiophene rings is 1.